The minimum atomic E-state index is -0.568. The zero-order chi connectivity index (χ0) is 20.9. The monoisotopic (exact) mass is 411 g/mol. The first-order valence-electron chi connectivity index (χ1n) is 9.62. The first-order chi connectivity index (χ1) is 14.6. The summed E-state index contributed by atoms with van der Waals surface area (Å²) in [6.07, 6.45) is 2.56. The van der Waals surface area contributed by atoms with Crippen LogP contribution in [0.15, 0.2) is 48.7 Å². The van der Waals surface area contributed by atoms with Crippen molar-refractivity contribution in [2.45, 2.75) is 12.8 Å². The minimum Gasteiger partial charge on any atom is -0.492 e. The quantitative estimate of drug-likeness (QED) is 0.489. The number of benzene rings is 2. The van der Waals surface area contributed by atoms with Crippen LogP contribution in [-0.4, -0.2) is 40.7 Å². The molecule has 3 aromatic rings. The number of nitrogens with one attached hydrogen (secondary N) is 2. The fourth-order valence-electron chi connectivity index (χ4n) is 3.24. The number of aromatic amines is 1. The van der Waals surface area contributed by atoms with E-state index in [1.165, 1.54) is 0 Å². The molecule has 0 unspecified atom stereocenters. The van der Waals surface area contributed by atoms with E-state index in [4.69, 9.17) is 15.2 Å². The van der Waals surface area contributed by atoms with Gasteiger partial charge in [0.1, 0.15) is 18.1 Å². The molecule has 2 heterocycles. The van der Waals surface area contributed by atoms with Crippen molar-refractivity contribution in [1.82, 2.24) is 15.1 Å². The Morgan fingerprint density at radius 3 is 2.83 bits per heavy atom. The maximum Gasteiger partial charge on any atom is 0.251 e. The molecule has 0 bridgehead atoms. The highest BCUT2D eigenvalue weighted by molar-refractivity contribution is 5.78. The van der Waals surface area contributed by atoms with Crippen molar-refractivity contribution in [3.05, 3.63) is 54.5 Å². The molecule has 156 valence electrons. The van der Waals surface area contributed by atoms with Crippen molar-refractivity contribution in [3.63, 3.8) is 0 Å². The number of H-pyrrole nitrogens is 1. The summed E-state index contributed by atoms with van der Waals surface area (Å²) in [7, 11) is 0. The Balaban J connectivity index is 1.40. The van der Waals surface area contributed by atoms with Gasteiger partial charge in [-0.25, -0.2) is 5.10 Å². The van der Waals surface area contributed by atoms with Crippen LogP contribution in [0.2, 0.25) is 0 Å². The molecule has 1 aromatic heterocycles. The van der Waals surface area contributed by atoms with Crippen LogP contribution in [0.1, 0.15) is 12.8 Å². The number of nitrogens with zero attached hydrogens (tertiary/aromatic N) is 2. The molecule has 9 heteroatoms. The third kappa shape index (κ3) is 4.80. The van der Waals surface area contributed by atoms with E-state index in [0.717, 1.165) is 30.5 Å². The van der Waals surface area contributed by atoms with Crippen LogP contribution in [0.25, 0.3) is 0 Å². The highest BCUT2D eigenvalue weighted by Gasteiger charge is 2.19. The predicted molar refractivity (Wildman–Crippen MR) is 111 cm³/mol. The number of halogens is 1. The second-order valence-corrected chi connectivity index (χ2v) is 6.93. The van der Waals surface area contributed by atoms with Gasteiger partial charge in [0.05, 0.1) is 12.7 Å². The summed E-state index contributed by atoms with van der Waals surface area (Å²) in [5, 5.41) is 9.28. The Kier molecular flexibility index (Phi) is 5.69. The van der Waals surface area contributed by atoms with Crippen molar-refractivity contribution in [2.24, 2.45) is 0 Å². The van der Waals surface area contributed by atoms with Crippen molar-refractivity contribution >= 4 is 23.0 Å². The molecule has 0 saturated carbocycles. The number of ether oxygens (including phenoxy) is 2. The fraction of sp³-hybridized carbons (Fsp3) is 0.238. The number of nitrogen functional groups attached to an aromatic ring is 1. The largest absolute Gasteiger partial charge is 0.492 e. The normalized spacial score (nSPS) is 13.5. The molecule has 2 aromatic carbocycles. The van der Waals surface area contributed by atoms with Gasteiger partial charge < -0.3 is 25.4 Å². The van der Waals surface area contributed by atoms with E-state index in [-0.39, 0.29) is 11.8 Å². The first kappa shape index (κ1) is 19.6. The molecule has 0 radical (unpaired) electrons. The number of anilines is 3. The summed E-state index contributed by atoms with van der Waals surface area (Å²) < 4.78 is 24.8. The number of amides is 1. The Morgan fingerprint density at radius 1 is 1.20 bits per heavy atom. The molecule has 0 aliphatic carbocycles. The minimum absolute atomic E-state index is 0.0525. The van der Waals surface area contributed by atoms with E-state index < -0.39 is 5.82 Å². The molecule has 1 aliphatic heterocycles. The number of carbonyl (C=O) groups is 1. The summed E-state index contributed by atoms with van der Waals surface area (Å²) in [6, 6.07) is 12.4. The lowest BCUT2D eigenvalue weighted by molar-refractivity contribution is -0.128. The highest BCUT2D eigenvalue weighted by Crippen LogP contribution is 2.29. The number of nitrogens with two attached hydrogens (primary N) is 1. The van der Waals surface area contributed by atoms with Crippen LogP contribution in [0.4, 0.5) is 21.5 Å². The van der Waals surface area contributed by atoms with Crippen molar-refractivity contribution in [1.29, 1.82) is 0 Å². The van der Waals surface area contributed by atoms with Crippen molar-refractivity contribution in [2.75, 3.05) is 30.7 Å². The van der Waals surface area contributed by atoms with E-state index in [1.807, 2.05) is 12.1 Å². The first-order valence-corrected chi connectivity index (χ1v) is 9.62. The average molecular weight is 411 g/mol. The van der Waals surface area contributed by atoms with Crippen LogP contribution >= 0.6 is 0 Å². The summed E-state index contributed by atoms with van der Waals surface area (Å²) >= 11 is 0. The Labute approximate surface area is 172 Å². The van der Waals surface area contributed by atoms with Crippen LogP contribution in [0.3, 0.4) is 0 Å². The molecule has 4 N–H and O–H groups in total. The number of aromatic nitrogens is 2. The molecule has 1 aliphatic rings. The van der Waals surface area contributed by atoms with E-state index in [9.17, 15) is 9.18 Å². The van der Waals surface area contributed by atoms with Crippen LogP contribution in [-0.2, 0) is 4.79 Å². The fourth-order valence-corrected chi connectivity index (χ4v) is 3.24. The molecular formula is C21H22FN5O3. The number of hydrogen-bond donors (Lipinski definition) is 3. The molecule has 8 nitrogen and oxygen atoms in total. The average Bonchev–Trinajstić information content (AvgIpc) is 3.30. The number of hydrogen-bond acceptors (Lipinski definition) is 6. The number of likely N-dealkylation sites (tertiary alicyclic amines) is 1. The lowest BCUT2D eigenvalue weighted by atomic mass is 10.2. The Bertz CT molecular complexity index is 1040. The lowest BCUT2D eigenvalue weighted by Gasteiger charge is -2.16. The van der Waals surface area contributed by atoms with Gasteiger partial charge in [-0.05, 0) is 24.6 Å². The second-order valence-electron chi connectivity index (χ2n) is 6.93. The highest BCUT2D eigenvalue weighted by atomic mass is 19.1. The van der Waals surface area contributed by atoms with Gasteiger partial charge in [0.2, 0.25) is 11.7 Å². The van der Waals surface area contributed by atoms with Gasteiger partial charge in [-0.2, -0.15) is 9.49 Å². The maximum absolute atomic E-state index is 13.5. The molecule has 1 amide bonds. The number of carbonyl (C=O) groups excluding carboxylic acids is 1. The summed E-state index contributed by atoms with van der Waals surface area (Å²) in [5.41, 5.74) is 8.00. The zero-order valence-corrected chi connectivity index (χ0v) is 16.2. The van der Waals surface area contributed by atoms with E-state index >= 15 is 0 Å². The molecular weight excluding hydrogens is 389 g/mol. The van der Waals surface area contributed by atoms with Gasteiger partial charge in [0.15, 0.2) is 0 Å². The van der Waals surface area contributed by atoms with E-state index in [1.54, 1.807) is 35.2 Å². The summed E-state index contributed by atoms with van der Waals surface area (Å²) in [5.74, 6) is 0.602. The predicted octanol–water partition coefficient (Wildman–Crippen LogP) is 3.67. The van der Waals surface area contributed by atoms with Crippen LogP contribution in [0, 0.1) is 5.82 Å². The Hall–Kier alpha value is -3.75. The van der Waals surface area contributed by atoms with Gasteiger partial charge >= 0.3 is 0 Å². The molecule has 1 saturated heterocycles. The van der Waals surface area contributed by atoms with Gasteiger partial charge in [-0.1, -0.05) is 6.07 Å². The van der Waals surface area contributed by atoms with E-state index in [0.29, 0.717) is 36.8 Å². The van der Waals surface area contributed by atoms with Crippen molar-refractivity contribution < 1.29 is 18.7 Å². The molecule has 0 atom stereocenters. The zero-order valence-electron chi connectivity index (χ0n) is 16.2. The van der Waals surface area contributed by atoms with Gasteiger partial charge in [0.25, 0.3) is 5.88 Å². The third-order valence-corrected chi connectivity index (χ3v) is 4.63. The van der Waals surface area contributed by atoms with Crippen LogP contribution < -0.4 is 20.5 Å². The summed E-state index contributed by atoms with van der Waals surface area (Å²) in [4.78, 5) is 13.5. The Morgan fingerprint density at radius 2 is 2.07 bits per heavy atom. The van der Waals surface area contributed by atoms with Gasteiger partial charge in [-0.3, -0.25) is 4.79 Å². The van der Waals surface area contributed by atoms with Crippen LogP contribution in [0.5, 0.6) is 17.4 Å². The second kappa shape index (κ2) is 8.73. The molecule has 0 spiro atoms. The van der Waals surface area contributed by atoms with Gasteiger partial charge in [-0.15, -0.1) is 0 Å². The lowest BCUT2D eigenvalue weighted by Crippen LogP contribution is -2.29. The third-order valence-electron chi connectivity index (χ3n) is 4.63. The maximum atomic E-state index is 13.5. The van der Waals surface area contributed by atoms with E-state index in [2.05, 4.69) is 15.5 Å². The topological polar surface area (TPSA) is 106 Å². The molecule has 4 rings (SSSR count). The number of rotatable bonds is 8. The van der Waals surface area contributed by atoms with Crippen molar-refractivity contribution in [3.8, 4) is 17.4 Å². The van der Waals surface area contributed by atoms with Gasteiger partial charge in [0, 0.05) is 48.2 Å². The molecule has 30 heavy (non-hydrogen) atoms. The smallest absolute Gasteiger partial charge is 0.251 e. The summed E-state index contributed by atoms with van der Waals surface area (Å²) in [6.45, 7) is 1.74. The molecule has 1 fully saturated rings. The standard InChI is InChI=1S/C21H22FN5O3/c22-19-13-24-26-21(19)30-17-4-1-3-15(11-17)25-16-9-14(23)10-18(12-16)29-8-7-27-6-2-5-20(27)28/h1,3-4,9-13,25H,2,5-8,23H2,(H,24,26). The SMILES string of the molecule is Nc1cc(Nc2cccc(Oc3[nH]ncc3F)c2)cc(OCCN2CCCC2=O)c1.